The van der Waals surface area contributed by atoms with Crippen LogP contribution in [0.4, 0.5) is 11.4 Å². The summed E-state index contributed by atoms with van der Waals surface area (Å²) in [5.41, 5.74) is 1.77. The van der Waals surface area contributed by atoms with E-state index in [2.05, 4.69) is 5.32 Å². The zero-order valence-corrected chi connectivity index (χ0v) is 15.8. The molecule has 27 heavy (non-hydrogen) atoms. The number of non-ortho nitro benzene ring substituents is 1. The molecule has 0 radical (unpaired) electrons. The molecule has 0 aliphatic carbocycles. The molecule has 0 saturated carbocycles. The van der Waals surface area contributed by atoms with E-state index >= 15 is 0 Å². The Bertz CT molecular complexity index is 916. The van der Waals surface area contributed by atoms with Crippen molar-refractivity contribution in [3.63, 3.8) is 0 Å². The molecular formula is C19H19N3O4S. The van der Waals surface area contributed by atoms with E-state index < -0.39 is 4.92 Å². The Kier molecular flexibility index (Phi) is 5.46. The molecule has 0 spiro atoms. The van der Waals surface area contributed by atoms with Gasteiger partial charge < -0.3 is 10.2 Å². The van der Waals surface area contributed by atoms with Gasteiger partial charge in [-0.25, -0.2) is 0 Å². The highest BCUT2D eigenvalue weighted by Crippen LogP contribution is 2.32. The fourth-order valence-corrected chi connectivity index (χ4v) is 3.79. The summed E-state index contributed by atoms with van der Waals surface area (Å²) >= 11 is 1.58. The van der Waals surface area contributed by atoms with Crippen molar-refractivity contribution in [3.8, 4) is 0 Å². The van der Waals surface area contributed by atoms with Crippen molar-refractivity contribution in [2.24, 2.45) is 0 Å². The zero-order chi connectivity index (χ0) is 19.6. The minimum atomic E-state index is -0.454. The maximum Gasteiger partial charge on any atom is 0.269 e. The van der Waals surface area contributed by atoms with Gasteiger partial charge in [0.05, 0.1) is 16.7 Å². The number of carbonyl (C=O) groups excluding carboxylic acids is 2. The monoisotopic (exact) mass is 385 g/mol. The molecule has 0 aromatic heterocycles. The van der Waals surface area contributed by atoms with Crippen molar-refractivity contribution < 1.29 is 14.5 Å². The molecule has 1 heterocycles. The second kappa shape index (κ2) is 7.79. The highest BCUT2D eigenvalue weighted by molar-refractivity contribution is 7.99. The highest BCUT2D eigenvalue weighted by atomic mass is 32.2. The molecule has 1 atom stereocenters. The summed E-state index contributed by atoms with van der Waals surface area (Å²) in [5.74, 6) is 0.417. The lowest BCUT2D eigenvalue weighted by atomic mass is 10.1. The summed E-state index contributed by atoms with van der Waals surface area (Å²) in [6.45, 7) is 1.82. The molecule has 1 aliphatic rings. The number of nitrogens with one attached hydrogen (secondary N) is 1. The van der Waals surface area contributed by atoms with Crippen LogP contribution in [-0.2, 0) is 4.79 Å². The van der Waals surface area contributed by atoms with E-state index in [9.17, 15) is 19.7 Å². The van der Waals surface area contributed by atoms with Gasteiger partial charge in [0.15, 0.2) is 0 Å². The van der Waals surface area contributed by atoms with Crippen LogP contribution in [0.5, 0.6) is 0 Å². The van der Waals surface area contributed by atoms with Crippen LogP contribution in [0.1, 0.15) is 35.3 Å². The largest absolute Gasteiger partial charge is 0.335 e. The zero-order valence-electron chi connectivity index (χ0n) is 15.0. The molecule has 140 valence electrons. The van der Waals surface area contributed by atoms with Gasteiger partial charge in [-0.1, -0.05) is 12.1 Å². The van der Waals surface area contributed by atoms with Crippen molar-refractivity contribution in [3.05, 3.63) is 63.7 Å². The Balaban J connectivity index is 1.84. The number of nitro groups is 1. The standard InChI is InChI=1S/C19H19N3O4S/c1-12(13-4-3-5-15(10-13)22(25)26)21(2)19(24)14-6-7-17-16(11-14)20-18(23)8-9-27-17/h3-7,10-12H,8-9H2,1-2H3,(H,20,23)/t12-/m0/s1. The minimum Gasteiger partial charge on any atom is -0.335 e. The summed E-state index contributed by atoms with van der Waals surface area (Å²) in [6.07, 6.45) is 0.437. The summed E-state index contributed by atoms with van der Waals surface area (Å²) in [6, 6.07) is 11.2. The molecule has 0 saturated heterocycles. The number of hydrogen-bond acceptors (Lipinski definition) is 5. The predicted octanol–water partition coefficient (Wildman–Crippen LogP) is 3.86. The van der Waals surface area contributed by atoms with Gasteiger partial charge >= 0.3 is 0 Å². The molecule has 1 N–H and O–H groups in total. The third kappa shape index (κ3) is 4.11. The van der Waals surface area contributed by atoms with Crippen LogP contribution in [-0.4, -0.2) is 34.4 Å². The van der Waals surface area contributed by atoms with Crippen LogP contribution in [0.25, 0.3) is 0 Å². The molecule has 3 rings (SSSR count). The van der Waals surface area contributed by atoms with Crippen LogP contribution in [0.15, 0.2) is 47.4 Å². The van der Waals surface area contributed by atoms with Crippen LogP contribution in [0.2, 0.25) is 0 Å². The Morgan fingerprint density at radius 3 is 2.81 bits per heavy atom. The number of hydrogen-bond donors (Lipinski definition) is 1. The average molecular weight is 385 g/mol. The fourth-order valence-electron chi connectivity index (χ4n) is 2.85. The molecule has 0 bridgehead atoms. The summed E-state index contributed by atoms with van der Waals surface area (Å²) < 4.78 is 0. The molecule has 7 nitrogen and oxygen atoms in total. The lowest BCUT2D eigenvalue weighted by molar-refractivity contribution is -0.384. The Morgan fingerprint density at radius 1 is 1.30 bits per heavy atom. The van der Waals surface area contributed by atoms with Gasteiger partial charge in [-0.05, 0) is 30.7 Å². The van der Waals surface area contributed by atoms with Crippen molar-refractivity contribution in [2.45, 2.75) is 24.3 Å². The van der Waals surface area contributed by atoms with Crippen molar-refractivity contribution in [1.29, 1.82) is 0 Å². The molecule has 2 aromatic rings. The number of nitrogens with zero attached hydrogens (tertiary/aromatic N) is 2. The van der Waals surface area contributed by atoms with Crippen LogP contribution < -0.4 is 5.32 Å². The van der Waals surface area contributed by atoms with E-state index in [-0.39, 0.29) is 23.5 Å². The lowest BCUT2D eigenvalue weighted by Gasteiger charge is -2.25. The van der Waals surface area contributed by atoms with Gasteiger partial charge in [0.2, 0.25) is 5.91 Å². The Hall–Kier alpha value is -2.87. The number of rotatable bonds is 4. The van der Waals surface area contributed by atoms with Gasteiger partial charge in [-0.15, -0.1) is 11.8 Å². The second-order valence-electron chi connectivity index (χ2n) is 6.30. The van der Waals surface area contributed by atoms with E-state index in [1.807, 2.05) is 13.0 Å². The van der Waals surface area contributed by atoms with Gasteiger partial charge in [0.25, 0.3) is 11.6 Å². The Labute approximate surface area is 160 Å². The molecule has 0 fully saturated rings. The third-order valence-corrected chi connectivity index (χ3v) is 5.63. The number of nitro benzene ring substituents is 1. The minimum absolute atomic E-state index is 0.00929. The lowest BCUT2D eigenvalue weighted by Crippen LogP contribution is -2.29. The number of benzene rings is 2. The number of anilines is 1. The molecule has 0 unspecified atom stereocenters. The first-order valence-corrected chi connectivity index (χ1v) is 9.43. The summed E-state index contributed by atoms with van der Waals surface area (Å²) in [5, 5.41) is 13.8. The number of fused-ring (bicyclic) bond motifs is 1. The molecule has 2 aromatic carbocycles. The number of amides is 2. The predicted molar refractivity (Wildman–Crippen MR) is 104 cm³/mol. The first-order chi connectivity index (χ1) is 12.9. The van der Waals surface area contributed by atoms with E-state index in [1.165, 1.54) is 17.0 Å². The number of thioether (sulfide) groups is 1. The van der Waals surface area contributed by atoms with Crippen LogP contribution in [0, 0.1) is 10.1 Å². The van der Waals surface area contributed by atoms with Gasteiger partial charge in [-0.3, -0.25) is 19.7 Å². The summed E-state index contributed by atoms with van der Waals surface area (Å²) in [4.78, 5) is 37.7. The van der Waals surface area contributed by atoms with Gasteiger partial charge in [0, 0.05) is 41.8 Å². The first-order valence-electron chi connectivity index (χ1n) is 8.45. The first kappa shape index (κ1) is 18.9. The second-order valence-corrected chi connectivity index (χ2v) is 7.44. The van der Waals surface area contributed by atoms with Crippen LogP contribution in [0.3, 0.4) is 0 Å². The van der Waals surface area contributed by atoms with Gasteiger partial charge in [0.1, 0.15) is 0 Å². The quantitative estimate of drug-likeness (QED) is 0.637. The number of carbonyl (C=O) groups is 2. The van der Waals surface area contributed by atoms with Crippen molar-refractivity contribution in [1.82, 2.24) is 4.90 Å². The molecule has 1 aliphatic heterocycles. The van der Waals surface area contributed by atoms with Crippen molar-refractivity contribution in [2.75, 3.05) is 18.1 Å². The maximum absolute atomic E-state index is 12.9. The normalized spacial score (nSPS) is 14.5. The van der Waals surface area contributed by atoms with Gasteiger partial charge in [-0.2, -0.15) is 0 Å². The molecule has 2 amide bonds. The van der Waals surface area contributed by atoms with Crippen molar-refractivity contribution >= 4 is 35.0 Å². The SMILES string of the molecule is C[C@@H](c1cccc([N+](=O)[O-])c1)N(C)C(=O)c1ccc2c(c1)NC(=O)CCS2. The third-order valence-electron chi connectivity index (χ3n) is 4.55. The maximum atomic E-state index is 12.9. The molecular weight excluding hydrogens is 366 g/mol. The van der Waals surface area contributed by atoms with E-state index in [0.717, 1.165) is 4.90 Å². The average Bonchev–Trinajstić information content (AvgIpc) is 2.86. The highest BCUT2D eigenvalue weighted by Gasteiger charge is 2.22. The fraction of sp³-hybridized carbons (Fsp3) is 0.263. The molecule has 8 heteroatoms. The summed E-state index contributed by atoms with van der Waals surface area (Å²) in [7, 11) is 1.66. The van der Waals surface area contributed by atoms with Crippen LogP contribution >= 0.6 is 11.8 Å². The topological polar surface area (TPSA) is 92.6 Å². The van der Waals surface area contributed by atoms with E-state index in [4.69, 9.17) is 0 Å². The smallest absolute Gasteiger partial charge is 0.269 e. The van der Waals surface area contributed by atoms with E-state index in [0.29, 0.717) is 29.0 Å². The van der Waals surface area contributed by atoms with E-state index in [1.54, 1.807) is 43.1 Å². The Morgan fingerprint density at radius 2 is 2.07 bits per heavy atom.